The normalized spacial score (nSPS) is 11.2. The quantitative estimate of drug-likeness (QED) is 0.342. The van der Waals surface area contributed by atoms with Crippen LogP contribution in [0, 0.1) is 32.1 Å². The Hall–Kier alpha value is -4.70. The maximum atomic E-state index is 13.3. The molecule has 0 aliphatic rings. The summed E-state index contributed by atoms with van der Waals surface area (Å²) in [4.78, 5) is 30.6. The zero-order chi connectivity index (χ0) is 24.2. The third-order valence-electron chi connectivity index (χ3n) is 5.07. The summed E-state index contributed by atoms with van der Waals surface area (Å²) < 4.78 is 7.35. The number of aryl methyl sites for hydroxylation is 3. The van der Waals surface area contributed by atoms with Gasteiger partial charge in [-0.15, -0.1) is 0 Å². The van der Waals surface area contributed by atoms with Crippen molar-refractivity contribution in [3.8, 4) is 17.7 Å². The number of aromatic nitrogens is 2. The van der Waals surface area contributed by atoms with Gasteiger partial charge >= 0.3 is 0 Å². The lowest BCUT2D eigenvalue weighted by atomic mass is 10.1. The van der Waals surface area contributed by atoms with Gasteiger partial charge in [-0.3, -0.25) is 14.0 Å². The Bertz CT molecular complexity index is 1520. The first-order valence-corrected chi connectivity index (χ1v) is 10.6. The first-order valence-electron chi connectivity index (χ1n) is 10.6. The molecule has 4 aromatic rings. The molecule has 1 N–H and O–H groups in total. The van der Waals surface area contributed by atoms with Crippen molar-refractivity contribution in [2.24, 2.45) is 0 Å². The zero-order valence-electron chi connectivity index (χ0n) is 19.0. The number of hydrogen-bond donors (Lipinski definition) is 1. The minimum Gasteiger partial charge on any atom is -0.438 e. The molecule has 0 aliphatic heterocycles. The first kappa shape index (κ1) is 22.5. The van der Waals surface area contributed by atoms with Crippen LogP contribution in [0.3, 0.4) is 0 Å². The second kappa shape index (κ2) is 9.43. The predicted octanol–water partition coefficient (Wildman–Crippen LogP) is 4.96. The fourth-order valence-electron chi connectivity index (χ4n) is 3.60. The van der Waals surface area contributed by atoms with Crippen LogP contribution in [0.1, 0.15) is 22.3 Å². The van der Waals surface area contributed by atoms with Gasteiger partial charge in [-0.25, -0.2) is 0 Å². The Morgan fingerprint density at radius 3 is 2.50 bits per heavy atom. The van der Waals surface area contributed by atoms with Crippen LogP contribution in [0.5, 0.6) is 11.6 Å². The number of ether oxygens (including phenoxy) is 1. The lowest BCUT2D eigenvalue weighted by Crippen LogP contribution is -2.20. The third-order valence-corrected chi connectivity index (χ3v) is 5.07. The molecule has 0 spiro atoms. The molecule has 0 aliphatic carbocycles. The second-order valence-electron chi connectivity index (χ2n) is 7.98. The van der Waals surface area contributed by atoms with Gasteiger partial charge < -0.3 is 10.1 Å². The summed E-state index contributed by atoms with van der Waals surface area (Å²) >= 11 is 0. The van der Waals surface area contributed by atoms with Gasteiger partial charge in [0.25, 0.3) is 11.5 Å². The van der Waals surface area contributed by atoms with Crippen LogP contribution in [-0.4, -0.2) is 15.3 Å². The van der Waals surface area contributed by atoms with Crippen molar-refractivity contribution in [2.75, 3.05) is 5.32 Å². The summed E-state index contributed by atoms with van der Waals surface area (Å²) in [5.41, 5.74) is 3.15. The number of rotatable bonds is 5. The van der Waals surface area contributed by atoms with Crippen LogP contribution >= 0.6 is 0 Å². The van der Waals surface area contributed by atoms with E-state index in [0.717, 1.165) is 16.7 Å². The number of carbonyl (C=O) groups excluding carboxylic acids is 1. The number of anilines is 1. The van der Waals surface area contributed by atoms with Gasteiger partial charge in [-0.2, -0.15) is 10.2 Å². The molecule has 168 valence electrons. The average Bonchev–Trinajstić information content (AvgIpc) is 2.78. The lowest BCUT2D eigenvalue weighted by Gasteiger charge is -2.11. The zero-order valence-corrected chi connectivity index (χ0v) is 19.0. The Kier molecular flexibility index (Phi) is 6.24. The van der Waals surface area contributed by atoms with Crippen LogP contribution in [-0.2, 0) is 4.79 Å². The number of hydrogen-bond acceptors (Lipinski definition) is 5. The molecule has 0 unspecified atom stereocenters. The molecule has 0 saturated heterocycles. The van der Waals surface area contributed by atoms with E-state index in [0.29, 0.717) is 17.1 Å². The standard InChI is InChI=1S/C27H22N4O3/c1-17-7-6-8-21(12-17)29-25(32)20(16-28)15-23-26(34-22-13-18(2)11-19(3)14-22)30-24-9-4-5-10-31(24)27(23)33/h4-15H,1-3H3,(H,29,32)/b20-15-. The van der Waals surface area contributed by atoms with Gasteiger partial charge in [0.2, 0.25) is 5.88 Å². The SMILES string of the molecule is Cc1cccc(NC(=O)/C(C#N)=C\c2c(Oc3cc(C)cc(C)c3)nc3ccccn3c2=O)c1. The molecular formula is C27H22N4O3. The fraction of sp³-hybridized carbons (Fsp3) is 0.111. The van der Waals surface area contributed by atoms with Crippen molar-refractivity contribution in [3.63, 3.8) is 0 Å². The largest absolute Gasteiger partial charge is 0.438 e. The number of pyridine rings is 1. The molecule has 2 heterocycles. The number of benzene rings is 2. The van der Waals surface area contributed by atoms with Crippen molar-refractivity contribution >= 4 is 23.3 Å². The van der Waals surface area contributed by atoms with Gasteiger partial charge in [-0.05, 0) is 79.9 Å². The average molecular weight is 450 g/mol. The summed E-state index contributed by atoms with van der Waals surface area (Å²) in [5.74, 6) is -0.123. The number of nitrogens with one attached hydrogen (secondary N) is 1. The summed E-state index contributed by atoms with van der Waals surface area (Å²) in [7, 11) is 0. The van der Waals surface area contributed by atoms with Crippen molar-refractivity contribution in [3.05, 3.63) is 105 Å². The van der Waals surface area contributed by atoms with Gasteiger partial charge in [0.1, 0.15) is 28.6 Å². The number of amides is 1. The highest BCUT2D eigenvalue weighted by Gasteiger charge is 2.18. The van der Waals surface area contributed by atoms with E-state index in [-0.39, 0.29) is 17.0 Å². The molecule has 4 rings (SSSR count). The Labute approximate surface area is 196 Å². The maximum Gasteiger partial charge on any atom is 0.269 e. The third kappa shape index (κ3) is 4.87. The van der Waals surface area contributed by atoms with Crippen LogP contribution in [0.2, 0.25) is 0 Å². The number of nitriles is 1. The van der Waals surface area contributed by atoms with E-state index >= 15 is 0 Å². The fourth-order valence-corrected chi connectivity index (χ4v) is 3.60. The Morgan fingerprint density at radius 1 is 1.03 bits per heavy atom. The van der Waals surface area contributed by atoms with Gasteiger partial charge in [0, 0.05) is 11.9 Å². The molecule has 0 radical (unpaired) electrons. The van der Waals surface area contributed by atoms with Gasteiger partial charge in [0.15, 0.2) is 0 Å². The highest BCUT2D eigenvalue weighted by atomic mass is 16.5. The first-order chi connectivity index (χ1) is 16.3. The Balaban J connectivity index is 1.82. The van der Waals surface area contributed by atoms with E-state index in [4.69, 9.17) is 4.74 Å². The van der Waals surface area contributed by atoms with E-state index in [1.807, 2.05) is 51.1 Å². The van der Waals surface area contributed by atoms with E-state index in [1.54, 1.807) is 42.6 Å². The van der Waals surface area contributed by atoms with Crippen LogP contribution in [0.4, 0.5) is 5.69 Å². The Morgan fingerprint density at radius 2 is 1.79 bits per heavy atom. The minimum absolute atomic E-state index is 0.00111. The molecule has 7 nitrogen and oxygen atoms in total. The summed E-state index contributed by atoms with van der Waals surface area (Å²) in [6, 6.07) is 19.9. The molecule has 0 saturated carbocycles. The molecule has 2 aromatic carbocycles. The monoisotopic (exact) mass is 450 g/mol. The summed E-state index contributed by atoms with van der Waals surface area (Å²) in [6.45, 7) is 5.77. The number of nitrogens with zero attached hydrogens (tertiary/aromatic N) is 3. The molecular weight excluding hydrogens is 428 g/mol. The molecule has 34 heavy (non-hydrogen) atoms. The van der Waals surface area contributed by atoms with E-state index in [1.165, 1.54) is 10.5 Å². The molecule has 0 bridgehead atoms. The molecule has 2 aromatic heterocycles. The summed E-state index contributed by atoms with van der Waals surface area (Å²) in [6.07, 6.45) is 2.79. The van der Waals surface area contributed by atoms with Crippen molar-refractivity contribution in [2.45, 2.75) is 20.8 Å². The van der Waals surface area contributed by atoms with Crippen molar-refractivity contribution < 1.29 is 9.53 Å². The van der Waals surface area contributed by atoms with Gasteiger partial charge in [0.05, 0.1) is 0 Å². The topological polar surface area (TPSA) is 96.5 Å². The molecule has 7 heteroatoms. The molecule has 1 amide bonds. The highest BCUT2D eigenvalue weighted by molar-refractivity contribution is 6.09. The van der Waals surface area contributed by atoms with Crippen molar-refractivity contribution in [1.29, 1.82) is 5.26 Å². The maximum absolute atomic E-state index is 13.3. The van der Waals surface area contributed by atoms with Crippen LogP contribution in [0.15, 0.2) is 77.2 Å². The van der Waals surface area contributed by atoms with Crippen LogP contribution < -0.4 is 15.6 Å². The smallest absolute Gasteiger partial charge is 0.269 e. The number of carbonyl (C=O) groups is 1. The van der Waals surface area contributed by atoms with Crippen molar-refractivity contribution in [1.82, 2.24) is 9.38 Å². The van der Waals surface area contributed by atoms with Gasteiger partial charge in [-0.1, -0.05) is 24.3 Å². The lowest BCUT2D eigenvalue weighted by molar-refractivity contribution is -0.112. The summed E-state index contributed by atoms with van der Waals surface area (Å²) in [5, 5.41) is 12.4. The predicted molar refractivity (Wildman–Crippen MR) is 131 cm³/mol. The van der Waals surface area contributed by atoms with E-state index < -0.39 is 11.5 Å². The van der Waals surface area contributed by atoms with E-state index in [9.17, 15) is 14.9 Å². The molecule has 0 atom stereocenters. The number of fused-ring (bicyclic) bond motifs is 1. The highest BCUT2D eigenvalue weighted by Crippen LogP contribution is 2.26. The minimum atomic E-state index is -0.636. The molecule has 0 fully saturated rings. The van der Waals surface area contributed by atoms with E-state index in [2.05, 4.69) is 10.3 Å². The second-order valence-corrected chi connectivity index (χ2v) is 7.98. The van der Waals surface area contributed by atoms with Crippen LogP contribution in [0.25, 0.3) is 11.7 Å².